The summed E-state index contributed by atoms with van der Waals surface area (Å²) in [6.07, 6.45) is 0.0813. The zero-order valence-electron chi connectivity index (χ0n) is 8.38. The molecule has 0 saturated heterocycles. The van der Waals surface area contributed by atoms with Crippen LogP contribution in [-0.4, -0.2) is 21.0 Å². The third kappa shape index (κ3) is 3.72. The molecule has 0 saturated carbocycles. The summed E-state index contributed by atoms with van der Waals surface area (Å²) in [5, 5.41) is 20.4. The van der Waals surface area contributed by atoms with Gasteiger partial charge in [-0.3, -0.25) is 10.1 Å². The maximum Gasteiger partial charge on any atom is 0.274 e. The van der Waals surface area contributed by atoms with Crippen molar-refractivity contribution in [3.63, 3.8) is 0 Å². The molecule has 0 aromatic heterocycles. The Bertz CT molecular complexity index is 454. The van der Waals surface area contributed by atoms with Crippen molar-refractivity contribution in [3.8, 4) is 0 Å². The van der Waals surface area contributed by atoms with E-state index in [1.54, 1.807) is 0 Å². The van der Waals surface area contributed by atoms with E-state index in [9.17, 15) is 20.2 Å². The van der Waals surface area contributed by atoms with Crippen molar-refractivity contribution < 1.29 is 9.96 Å². The highest BCUT2D eigenvalue weighted by Gasteiger charge is 2.17. The third-order valence-corrected chi connectivity index (χ3v) is 2.51. The zero-order chi connectivity index (χ0) is 13.0. The van der Waals surface area contributed by atoms with Crippen LogP contribution in [0.2, 0.25) is 5.02 Å². The maximum atomic E-state index is 10.7. The number of hydrogen-bond acceptors (Lipinski definition) is 4. The number of benzene rings is 1. The van der Waals surface area contributed by atoms with Gasteiger partial charge in [-0.2, -0.15) is 0 Å². The smallest absolute Gasteiger partial charge is 0.258 e. The second kappa shape index (κ2) is 5.65. The lowest BCUT2D eigenvalue weighted by Gasteiger charge is -2.05. The lowest BCUT2D eigenvalue weighted by molar-refractivity contribution is -0.621. The summed E-state index contributed by atoms with van der Waals surface area (Å²) in [7, 11) is 0. The van der Waals surface area contributed by atoms with Gasteiger partial charge in [-0.15, -0.1) is 0 Å². The highest BCUT2D eigenvalue weighted by molar-refractivity contribution is 6.30. The molecule has 0 heterocycles. The first-order valence-corrected chi connectivity index (χ1v) is 5.14. The van der Waals surface area contributed by atoms with Gasteiger partial charge in [-0.05, 0) is 10.6 Å². The highest BCUT2D eigenvalue weighted by atomic mass is 35.5. The molecule has 0 spiro atoms. The molecule has 0 unspecified atom stereocenters. The van der Waals surface area contributed by atoms with Crippen LogP contribution in [0.15, 0.2) is 18.2 Å². The summed E-state index contributed by atoms with van der Waals surface area (Å²) in [6, 6.07) is 4.13. The number of nitro benzene ring substituents is 1. The summed E-state index contributed by atoms with van der Waals surface area (Å²) >= 11 is 10.9. The van der Waals surface area contributed by atoms with Crippen molar-refractivity contribution in [1.29, 1.82) is 0 Å². The summed E-state index contributed by atoms with van der Waals surface area (Å²) < 4.78 is 0.346. The minimum absolute atomic E-state index is 0.0813. The summed E-state index contributed by atoms with van der Waals surface area (Å²) in [5.41, 5.74) is 0.165. The maximum absolute atomic E-state index is 10.7. The van der Waals surface area contributed by atoms with Gasteiger partial charge < -0.3 is 0 Å². The molecule has 0 bridgehead atoms. The molecule has 0 radical (unpaired) electrons. The molecule has 0 aliphatic carbocycles. The van der Waals surface area contributed by atoms with Crippen molar-refractivity contribution in [2.75, 3.05) is 6.54 Å². The van der Waals surface area contributed by atoms with E-state index < -0.39 is 9.96 Å². The zero-order valence-corrected chi connectivity index (χ0v) is 9.89. The van der Waals surface area contributed by atoms with Crippen LogP contribution in [0, 0.1) is 20.2 Å². The normalized spacial score (nSPS) is 10.0. The SMILES string of the molecule is O=[N+]([O-])c1cc(Cl)ccc1CCN(Cl)[N+](=O)[O-]. The van der Waals surface area contributed by atoms with Crippen molar-refractivity contribution in [2.24, 2.45) is 0 Å². The van der Waals surface area contributed by atoms with E-state index in [4.69, 9.17) is 23.4 Å². The number of hydrogen-bond donors (Lipinski definition) is 0. The Morgan fingerprint density at radius 1 is 1.29 bits per heavy atom. The fourth-order valence-corrected chi connectivity index (χ4v) is 1.46. The van der Waals surface area contributed by atoms with Crippen molar-refractivity contribution in [3.05, 3.63) is 49.0 Å². The fourth-order valence-electron chi connectivity index (χ4n) is 1.21. The number of nitrogens with zero attached hydrogens (tertiary/aromatic N) is 3. The Balaban J connectivity index is 2.84. The van der Waals surface area contributed by atoms with Gasteiger partial charge in [-0.1, -0.05) is 17.7 Å². The Labute approximate surface area is 106 Å². The monoisotopic (exact) mass is 279 g/mol. The predicted molar refractivity (Wildman–Crippen MR) is 61.4 cm³/mol. The molecule has 0 fully saturated rings. The first-order chi connectivity index (χ1) is 7.91. The molecule has 0 amide bonds. The molecule has 0 aliphatic rings. The van der Waals surface area contributed by atoms with E-state index in [0.29, 0.717) is 10.1 Å². The van der Waals surface area contributed by atoms with E-state index in [2.05, 4.69) is 0 Å². The van der Waals surface area contributed by atoms with Crippen LogP contribution in [0.5, 0.6) is 0 Å². The second-order valence-corrected chi connectivity index (χ2v) is 3.90. The average molecular weight is 280 g/mol. The Kier molecular flexibility index (Phi) is 4.47. The molecule has 92 valence electrons. The van der Waals surface area contributed by atoms with Crippen LogP contribution in [0.3, 0.4) is 0 Å². The van der Waals surface area contributed by atoms with Gasteiger partial charge >= 0.3 is 0 Å². The standard InChI is InChI=1S/C8H7Cl2N3O4/c9-7-2-1-6(8(5-7)12(14)15)3-4-11(10)13(16)17/h1-2,5H,3-4H2. The van der Waals surface area contributed by atoms with Gasteiger partial charge in [0.1, 0.15) is 6.54 Å². The van der Waals surface area contributed by atoms with Gasteiger partial charge in [0.2, 0.25) is 0 Å². The minimum Gasteiger partial charge on any atom is -0.258 e. The van der Waals surface area contributed by atoms with Crippen LogP contribution in [-0.2, 0) is 6.42 Å². The molecule has 0 aliphatic heterocycles. The first-order valence-electron chi connectivity index (χ1n) is 4.42. The van der Waals surface area contributed by atoms with Gasteiger partial charge in [0.15, 0.2) is 5.03 Å². The lowest BCUT2D eigenvalue weighted by Crippen LogP contribution is -2.22. The Morgan fingerprint density at radius 2 is 1.94 bits per heavy atom. The van der Waals surface area contributed by atoms with E-state index in [0.717, 1.165) is 0 Å². The molecule has 1 aromatic rings. The van der Waals surface area contributed by atoms with Crippen LogP contribution in [0.1, 0.15) is 5.56 Å². The molecule has 0 atom stereocenters. The average Bonchev–Trinajstić information content (AvgIpc) is 2.26. The molecular weight excluding hydrogens is 273 g/mol. The Hall–Kier alpha value is -1.60. The molecule has 7 nitrogen and oxygen atoms in total. The van der Waals surface area contributed by atoms with E-state index in [1.165, 1.54) is 18.2 Å². The van der Waals surface area contributed by atoms with Crippen molar-refractivity contribution >= 4 is 29.1 Å². The summed E-state index contributed by atoms with van der Waals surface area (Å²) in [5.74, 6) is 0. The summed E-state index contributed by atoms with van der Waals surface area (Å²) in [6.45, 7) is -0.142. The molecule has 1 rings (SSSR count). The third-order valence-electron chi connectivity index (χ3n) is 1.99. The van der Waals surface area contributed by atoms with Crippen LogP contribution < -0.4 is 0 Å². The van der Waals surface area contributed by atoms with Gasteiger partial charge in [-0.25, -0.2) is 10.1 Å². The van der Waals surface area contributed by atoms with Crippen LogP contribution in [0.25, 0.3) is 0 Å². The van der Waals surface area contributed by atoms with Crippen LogP contribution >= 0.6 is 23.4 Å². The number of hydrazine groups is 1. The van der Waals surface area contributed by atoms with Gasteiger partial charge in [0.25, 0.3) is 5.69 Å². The lowest BCUT2D eigenvalue weighted by atomic mass is 10.1. The second-order valence-electron chi connectivity index (χ2n) is 3.08. The van der Waals surface area contributed by atoms with Crippen molar-refractivity contribution in [2.45, 2.75) is 6.42 Å². The molecule has 9 heteroatoms. The molecule has 0 N–H and O–H groups in total. The quantitative estimate of drug-likeness (QED) is 0.469. The molecule has 1 aromatic carbocycles. The molecular formula is C8H7Cl2N3O4. The van der Waals surface area contributed by atoms with E-state index >= 15 is 0 Å². The van der Waals surface area contributed by atoms with Gasteiger partial charge in [0.05, 0.1) is 16.7 Å². The Morgan fingerprint density at radius 3 is 2.47 bits per heavy atom. The topological polar surface area (TPSA) is 89.5 Å². The van der Waals surface area contributed by atoms with E-state index in [1.807, 2.05) is 0 Å². The van der Waals surface area contributed by atoms with Gasteiger partial charge in [0, 0.05) is 23.1 Å². The highest BCUT2D eigenvalue weighted by Crippen LogP contribution is 2.23. The van der Waals surface area contributed by atoms with E-state index in [-0.39, 0.29) is 23.7 Å². The number of halogens is 2. The number of rotatable bonds is 5. The first kappa shape index (κ1) is 13.5. The minimum atomic E-state index is -0.802. The molecule has 17 heavy (non-hydrogen) atoms. The number of nitro groups is 2. The summed E-state index contributed by atoms with van der Waals surface area (Å²) in [4.78, 5) is 20.4. The largest absolute Gasteiger partial charge is 0.274 e. The van der Waals surface area contributed by atoms with Crippen LogP contribution in [0.4, 0.5) is 5.69 Å². The fraction of sp³-hybridized carbons (Fsp3) is 0.250. The van der Waals surface area contributed by atoms with Crippen molar-refractivity contribution in [1.82, 2.24) is 4.53 Å². The predicted octanol–water partition coefficient (Wildman–Crippen LogP) is 2.44.